The van der Waals surface area contributed by atoms with Crippen LogP contribution in [-0.2, 0) is 29.1 Å². The molecule has 1 amide bonds. The summed E-state index contributed by atoms with van der Waals surface area (Å²) in [6.45, 7) is 2.33. The number of hydrogen-bond donors (Lipinski definition) is 1. The van der Waals surface area contributed by atoms with Crippen LogP contribution in [0, 0.1) is 6.92 Å². The van der Waals surface area contributed by atoms with E-state index in [0.717, 1.165) is 9.87 Å². The van der Waals surface area contributed by atoms with Crippen LogP contribution >= 0.6 is 0 Å². The summed E-state index contributed by atoms with van der Waals surface area (Å²) in [5.74, 6) is -1.17. The highest BCUT2D eigenvalue weighted by Crippen LogP contribution is 2.27. The molecule has 0 saturated carbocycles. The van der Waals surface area contributed by atoms with E-state index in [-0.39, 0.29) is 11.4 Å². The molecule has 1 N–H and O–H groups in total. The third-order valence-electron chi connectivity index (χ3n) is 4.08. The summed E-state index contributed by atoms with van der Waals surface area (Å²) in [7, 11) is -2.28. The summed E-state index contributed by atoms with van der Waals surface area (Å²) >= 11 is 0. The zero-order valence-electron chi connectivity index (χ0n) is 14.9. The second kappa shape index (κ2) is 9.11. The predicted octanol–water partition coefficient (Wildman–Crippen LogP) is 0.454. The molecule has 1 aromatic rings. The van der Waals surface area contributed by atoms with Gasteiger partial charge in [0.1, 0.15) is 6.04 Å². The van der Waals surface area contributed by atoms with Crippen molar-refractivity contribution in [1.82, 2.24) is 9.62 Å². The van der Waals surface area contributed by atoms with Crippen LogP contribution in [0.3, 0.4) is 0 Å². The van der Waals surface area contributed by atoms with E-state index >= 15 is 0 Å². The highest BCUT2D eigenvalue weighted by atomic mass is 32.2. The van der Waals surface area contributed by atoms with Crippen LogP contribution in [0.15, 0.2) is 29.2 Å². The lowest BCUT2D eigenvalue weighted by molar-refractivity contribution is -0.151. The molecule has 1 saturated heterocycles. The number of carbonyl (C=O) groups is 2. The van der Waals surface area contributed by atoms with Crippen LogP contribution in [-0.4, -0.2) is 64.1 Å². The van der Waals surface area contributed by atoms with Crippen LogP contribution in [0.2, 0.25) is 0 Å². The lowest BCUT2D eigenvalue weighted by atomic mass is 10.2. The zero-order valence-corrected chi connectivity index (χ0v) is 15.8. The molecule has 1 heterocycles. The smallest absolute Gasteiger partial charge is 0.324 e. The Balaban J connectivity index is 1.99. The van der Waals surface area contributed by atoms with Crippen molar-refractivity contribution in [2.24, 2.45) is 0 Å². The fourth-order valence-electron chi connectivity index (χ4n) is 2.69. The number of rotatable bonds is 8. The topological polar surface area (TPSA) is 102 Å². The maximum Gasteiger partial charge on any atom is 0.324 e. The third-order valence-corrected chi connectivity index (χ3v) is 6.00. The summed E-state index contributed by atoms with van der Waals surface area (Å²) in [6, 6.07) is 5.55. The monoisotopic (exact) mass is 384 g/mol. The van der Waals surface area contributed by atoms with Crippen molar-refractivity contribution in [2.75, 3.05) is 33.4 Å². The Morgan fingerprint density at radius 2 is 1.96 bits per heavy atom. The van der Waals surface area contributed by atoms with E-state index in [1.165, 1.54) is 19.2 Å². The van der Waals surface area contributed by atoms with Gasteiger partial charge in [-0.3, -0.25) is 9.59 Å². The van der Waals surface area contributed by atoms with E-state index in [1.807, 2.05) is 6.92 Å². The highest BCUT2D eigenvalue weighted by Gasteiger charge is 2.40. The van der Waals surface area contributed by atoms with Crippen molar-refractivity contribution in [3.05, 3.63) is 29.8 Å². The maximum atomic E-state index is 12.8. The lowest BCUT2D eigenvalue weighted by Gasteiger charge is -2.22. The molecule has 8 nitrogen and oxygen atoms in total. The molecule has 1 fully saturated rings. The van der Waals surface area contributed by atoms with Crippen molar-refractivity contribution in [3.8, 4) is 0 Å². The molecule has 9 heteroatoms. The minimum absolute atomic E-state index is 0.139. The minimum Gasteiger partial charge on any atom is -0.454 e. The van der Waals surface area contributed by atoms with Gasteiger partial charge in [-0.25, -0.2) is 8.42 Å². The van der Waals surface area contributed by atoms with Crippen molar-refractivity contribution >= 4 is 21.9 Å². The summed E-state index contributed by atoms with van der Waals surface area (Å²) in [4.78, 5) is 24.0. The molecule has 2 rings (SSSR count). The van der Waals surface area contributed by atoms with Crippen LogP contribution in [0.1, 0.15) is 18.4 Å². The van der Waals surface area contributed by atoms with Gasteiger partial charge in [-0.15, -0.1) is 0 Å². The first-order valence-corrected chi connectivity index (χ1v) is 9.81. The molecule has 26 heavy (non-hydrogen) atoms. The van der Waals surface area contributed by atoms with Crippen molar-refractivity contribution in [1.29, 1.82) is 0 Å². The molecule has 0 bridgehead atoms. The van der Waals surface area contributed by atoms with Gasteiger partial charge in [-0.2, -0.15) is 4.31 Å². The highest BCUT2D eigenvalue weighted by molar-refractivity contribution is 7.89. The molecular weight excluding hydrogens is 360 g/mol. The molecule has 1 aliphatic heterocycles. The quantitative estimate of drug-likeness (QED) is 0.516. The van der Waals surface area contributed by atoms with Crippen molar-refractivity contribution in [3.63, 3.8) is 0 Å². The van der Waals surface area contributed by atoms with Gasteiger partial charge in [0.05, 0.1) is 11.5 Å². The van der Waals surface area contributed by atoms with Crippen LogP contribution in [0.4, 0.5) is 0 Å². The number of amides is 1. The van der Waals surface area contributed by atoms with Gasteiger partial charge >= 0.3 is 5.97 Å². The molecule has 1 aliphatic rings. The largest absolute Gasteiger partial charge is 0.454 e. The molecule has 0 aromatic heterocycles. The molecule has 0 aliphatic carbocycles. The van der Waals surface area contributed by atoms with Crippen molar-refractivity contribution < 1.29 is 27.5 Å². The van der Waals surface area contributed by atoms with E-state index in [9.17, 15) is 18.0 Å². The van der Waals surface area contributed by atoms with E-state index in [2.05, 4.69) is 5.32 Å². The fourth-order valence-corrected chi connectivity index (χ4v) is 4.33. The van der Waals surface area contributed by atoms with Crippen LogP contribution in [0.5, 0.6) is 0 Å². The van der Waals surface area contributed by atoms with E-state index in [0.29, 0.717) is 26.0 Å². The van der Waals surface area contributed by atoms with Crippen molar-refractivity contribution in [2.45, 2.75) is 30.7 Å². The lowest BCUT2D eigenvalue weighted by Crippen LogP contribution is -2.42. The number of hydrogen-bond acceptors (Lipinski definition) is 6. The zero-order chi connectivity index (χ0) is 19.2. The number of nitrogens with one attached hydrogen (secondary N) is 1. The van der Waals surface area contributed by atoms with Gasteiger partial charge in [0.2, 0.25) is 10.0 Å². The molecule has 144 valence electrons. The minimum atomic E-state index is -3.79. The molecule has 1 aromatic carbocycles. The molecule has 0 radical (unpaired) electrons. The summed E-state index contributed by atoms with van der Waals surface area (Å²) in [5, 5.41) is 2.53. The van der Waals surface area contributed by atoms with Gasteiger partial charge in [0.25, 0.3) is 5.91 Å². The number of sulfonamides is 1. The average Bonchev–Trinajstić information content (AvgIpc) is 3.11. The number of carbonyl (C=O) groups excluding carboxylic acids is 2. The number of nitrogens with zero attached hydrogens (tertiary/aromatic N) is 1. The van der Waals surface area contributed by atoms with E-state index < -0.39 is 34.5 Å². The van der Waals surface area contributed by atoms with E-state index in [4.69, 9.17) is 9.47 Å². The van der Waals surface area contributed by atoms with Crippen LogP contribution in [0.25, 0.3) is 0 Å². The summed E-state index contributed by atoms with van der Waals surface area (Å²) < 4.78 is 36.6. The normalized spacial score (nSPS) is 17.8. The van der Waals surface area contributed by atoms with Gasteiger partial charge in [0, 0.05) is 20.2 Å². The van der Waals surface area contributed by atoms with Crippen LogP contribution < -0.4 is 5.32 Å². The third kappa shape index (κ3) is 5.03. The van der Waals surface area contributed by atoms with Gasteiger partial charge < -0.3 is 14.8 Å². The van der Waals surface area contributed by atoms with Gasteiger partial charge in [-0.05, 0) is 31.9 Å². The fraction of sp³-hybridized carbons (Fsp3) is 0.529. The second-order valence-corrected chi connectivity index (χ2v) is 7.93. The molecule has 1 atom stereocenters. The Hall–Kier alpha value is -1.97. The number of benzene rings is 1. The summed E-state index contributed by atoms with van der Waals surface area (Å²) in [6.07, 6.45) is 0.931. The Kier molecular flexibility index (Phi) is 7.13. The standard InChI is InChI=1S/C17H24N2O6S/c1-13-5-7-14(8-6-13)26(22,23)19-10-3-4-15(19)17(21)25-12-16(20)18-9-11-24-2/h5-8,15H,3-4,9-12H2,1-2H3,(H,18,20). The maximum absolute atomic E-state index is 12.8. The molecular formula is C17H24N2O6S. The molecule has 1 unspecified atom stereocenters. The Bertz CT molecular complexity index is 732. The predicted molar refractivity (Wildman–Crippen MR) is 93.9 cm³/mol. The Morgan fingerprint density at radius 1 is 1.27 bits per heavy atom. The van der Waals surface area contributed by atoms with Gasteiger partial charge in [0.15, 0.2) is 6.61 Å². The summed E-state index contributed by atoms with van der Waals surface area (Å²) in [5.41, 5.74) is 0.945. The Morgan fingerprint density at radius 3 is 2.62 bits per heavy atom. The molecule has 0 spiro atoms. The Labute approximate surface area is 153 Å². The number of ether oxygens (including phenoxy) is 2. The number of methoxy groups -OCH3 is 1. The number of aryl methyl sites for hydroxylation is 1. The SMILES string of the molecule is COCCNC(=O)COC(=O)C1CCCN1S(=O)(=O)c1ccc(C)cc1. The van der Waals surface area contributed by atoms with Gasteiger partial charge in [-0.1, -0.05) is 17.7 Å². The first-order chi connectivity index (χ1) is 12.4. The second-order valence-electron chi connectivity index (χ2n) is 6.04. The first kappa shape index (κ1) is 20.3. The number of esters is 1. The average molecular weight is 384 g/mol. The first-order valence-electron chi connectivity index (χ1n) is 8.37. The van der Waals surface area contributed by atoms with E-state index in [1.54, 1.807) is 12.1 Å².